The summed E-state index contributed by atoms with van der Waals surface area (Å²) in [5.74, 6) is 0. The van der Waals surface area contributed by atoms with Gasteiger partial charge < -0.3 is 10.2 Å². The van der Waals surface area contributed by atoms with E-state index in [4.69, 9.17) is 0 Å². The Bertz CT molecular complexity index is 758. The standard InChI is InChI=1S/C20H23N3O/c1-13-10-14(2)19(12-17(13)18-8-3-4-9-21-18)22-20(24)23-15-6-5-7-16(23)11-15/h3-4,8-10,12,15-16H,5-7,11H2,1-2H3,(H,22,24). The SMILES string of the molecule is Cc1cc(C)c(-c2ccccn2)cc1NC(=O)N1C2CCCC1C2. The van der Waals surface area contributed by atoms with Crippen LogP contribution in [0.5, 0.6) is 0 Å². The summed E-state index contributed by atoms with van der Waals surface area (Å²) < 4.78 is 0. The van der Waals surface area contributed by atoms with Crippen molar-refractivity contribution in [1.29, 1.82) is 0 Å². The maximum atomic E-state index is 12.7. The molecule has 2 saturated heterocycles. The third-order valence-electron chi connectivity index (χ3n) is 5.39. The number of anilines is 1. The smallest absolute Gasteiger partial charge is 0.318 e. The van der Waals surface area contributed by atoms with Gasteiger partial charge >= 0.3 is 6.03 Å². The molecule has 4 heteroatoms. The Morgan fingerprint density at radius 1 is 1.17 bits per heavy atom. The molecule has 4 nitrogen and oxygen atoms in total. The lowest BCUT2D eigenvalue weighted by Gasteiger charge is -2.52. The van der Waals surface area contributed by atoms with Crippen molar-refractivity contribution in [2.24, 2.45) is 0 Å². The number of pyridine rings is 1. The molecule has 2 amide bonds. The molecule has 3 heterocycles. The summed E-state index contributed by atoms with van der Waals surface area (Å²) in [4.78, 5) is 19.2. The molecule has 0 saturated carbocycles. The highest BCUT2D eigenvalue weighted by Crippen LogP contribution is 2.38. The number of aryl methyl sites for hydroxylation is 2. The Hall–Kier alpha value is -2.36. The van der Waals surface area contributed by atoms with E-state index < -0.39 is 0 Å². The van der Waals surface area contributed by atoms with Crippen LogP contribution in [-0.2, 0) is 0 Å². The Morgan fingerprint density at radius 3 is 2.62 bits per heavy atom. The highest BCUT2D eigenvalue weighted by atomic mass is 16.2. The Balaban J connectivity index is 1.60. The van der Waals surface area contributed by atoms with E-state index in [2.05, 4.69) is 29.4 Å². The maximum Gasteiger partial charge on any atom is 0.322 e. The van der Waals surface area contributed by atoms with Crippen molar-refractivity contribution < 1.29 is 4.79 Å². The third kappa shape index (κ3) is 2.56. The summed E-state index contributed by atoms with van der Waals surface area (Å²) in [7, 11) is 0. The second kappa shape index (κ2) is 5.93. The summed E-state index contributed by atoms with van der Waals surface area (Å²) >= 11 is 0. The molecular weight excluding hydrogens is 298 g/mol. The predicted octanol–water partition coefficient (Wildman–Crippen LogP) is 4.52. The van der Waals surface area contributed by atoms with Crippen molar-refractivity contribution >= 4 is 11.7 Å². The number of benzene rings is 1. The highest BCUT2D eigenvalue weighted by Gasteiger charge is 2.44. The van der Waals surface area contributed by atoms with Gasteiger partial charge in [-0.15, -0.1) is 0 Å². The largest absolute Gasteiger partial charge is 0.322 e. The molecular formula is C20H23N3O. The van der Waals surface area contributed by atoms with Crippen molar-refractivity contribution in [3.05, 3.63) is 47.7 Å². The van der Waals surface area contributed by atoms with Crippen LogP contribution in [0.15, 0.2) is 36.5 Å². The van der Waals surface area contributed by atoms with Crippen molar-refractivity contribution in [3.8, 4) is 11.3 Å². The molecule has 0 aliphatic carbocycles. The first kappa shape index (κ1) is 15.2. The molecule has 0 spiro atoms. The van der Waals surface area contributed by atoms with Crippen molar-refractivity contribution in [1.82, 2.24) is 9.88 Å². The zero-order valence-electron chi connectivity index (χ0n) is 14.2. The first-order valence-electron chi connectivity index (χ1n) is 8.75. The topological polar surface area (TPSA) is 45.2 Å². The van der Waals surface area contributed by atoms with Gasteiger partial charge in [0, 0.05) is 29.5 Å². The number of nitrogens with zero attached hydrogens (tertiary/aromatic N) is 2. The van der Waals surface area contributed by atoms with Gasteiger partial charge in [0.2, 0.25) is 0 Å². The number of amides is 2. The first-order chi connectivity index (χ1) is 11.6. The summed E-state index contributed by atoms with van der Waals surface area (Å²) in [6, 6.07) is 11.0. The highest BCUT2D eigenvalue weighted by molar-refractivity contribution is 5.92. The summed E-state index contributed by atoms with van der Waals surface area (Å²) in [5, 5.41) is 3.14. The Kier molecular flexibility index (Phi) is 3.75. The van der Waals surface area contributed by atoms with Crippen LogP contribution in [-0.4, -0.2) is 28.0 Å². The van der Waals surface area contributed by atoms with Gasteiger partial charge in [-0.2, -0.15) is 0 Å². The van der Waals surface area contributed by atoms with Crippen molar-refractivity contribution in [3.63, 3.8) is 0 Å². The Labute approximate surface area is 142 Å². The van der Waals surface area contributed by atoms with Crippen LogP contribution < -0.4 is 5.32 Å². The molecule has 4 rings (SSSR count). The number of fused-ring (bicyclic) bond motifs is 2. The molecule has 2 aliphatic heterocycles. The lowest BCUT2D eigenvalue weighted by molar-refractivity contribution is 0.0173. The van der Waals surface area contributed by atoms with E-state index in [1.165, 1.54) is 18.4 Å². The average Bonchev–Trinajstić information content (AvgIpc) is 2.58. The van der Waals surface area contributed by atoms with Crippen LogP contribution in [0.1, 0.15) is 36.8 Å². The summed E-state index contributed by atoms with van der Waals surface area (Å²) in [5.41, 5.74) is 5.15. The van der Waals surface area contributed by atoms with Crippen LogP contribution in [0, 0.1) is 13.8 Å². The van der Waals surface area contributed by atoms with Gasteiger partial charge in [0.1, 0.15) is 0 Å². The molecule has 2 bridgehead atoms. The second-order valence-corrected chi connectivity index (χ2v) is 7.01. The third-order valence-corrected chi connectivity index (χ3v) is 5.39. The zero-order chi connectivity index (χ0) is 16.7. The van der Waals surface area contributed by atoms with Gasteiger partial charge in [-0.3, -0.25) is 4.98 Å². The van der Waals surface area contributed by atoms with E-state index in [9.17, 15) is 4.79 Å². The van der Waals surface area contributed by atoms with E-state index in [1.54, 1.807) is 6.20 Å². The van der Waals surface area contributed by atoms with E-state index >= 15 is 0 Å². The zero-order valence-corrected chi connectivity index (χ0v) is 14.2. The van der Waals surface area contributed by atoms with E-state index in [0.29, 0.717) is 12.1 Å². The van der Waals surface area contributed by atoms with Crippen LogP contribution in [0.4, 0.5) is 10.5 Å². The van der Waals surface area contributed by atoms with Crippen LogP contribution >= 0.6 is 0 Å². The summed E-state index contributed by atoms with van der Waals surface area (Å²) in [6.07, 6.45) is 6.53. The fraction of sp³-hybridized carbons (Fsp3) is 0.400. The number of nitrogens with one attached hydrogen (secondary N) is 1. The molecule has 1 N–H and O–H groups in total. The molecule has 0 radical (unpaired) electrons. The summed E-state index contributed by atoms with van der Waals surface area (Å²) in [6.45, 7) is 4.13. The number of piperidine rings is 1. The monoisotopic (exact) mass is 321 g/mol. The lowest BCUT2D eigenvalue weighted by Crippen LogP contribution is -2.62. The minimum Gasteiger partial charge on any atom is -0.318 e. The van der Waals surface area contributed by atoms with E-state index in [1.807, 2.05) is 30.0 Å². The number of aromatic nitrogens is 1. The number of carbonyl (C=O) groups excluding carboxylic acids is 1. The quantitative estimate of drug-likeness (QED) is 0.883. The van der Waals surface area contributed by atoms with Gasteiger partial charge in [0.05, 0.1) is 5.69 Å². The van der Waals surface area contributed by atoms with E-state index in [-0.39, 0.29) is 6.03 Å². The number of hydrogen-bond donors (Lipinski definition) is 1. The van der Waals surface area contributed by atoms with Gasteiger partial charge in [-0.05, 0) is 68.9 Å². The van der Waals surface area contributed by atoms with Crippen LogP contribution in [0.2, 0.25) is 0 Å². The second-order valence-electron chi connectivity index (χ2n) is 7.01. The maximum absolute atomic E-state index is 12.7. The normalized spacial score (nSPS) is 22.0. The fourth-order valence-corrected chi connectivity index (χ4v) is 4.10. The number of urea groups is 1. The Morgan fingerprint density at radius 2 is 1.96 bits per heavy atom. The van der Waals surface area contributed by atoms with Crippen molar-refractivity contribution in [2.45, 2.75) is 51.6 Å². The van der Waals surface area contributed by atoms with E-state index in [0.717, 1.165) is 35.3 Å². The minimum atomic E-state index is 0.0508. The molecule has 2 aliphatic rings. The molecule has 2 atom stereocenters. The average molecular weight is 321 g/mol. The minimum absolute atomic E-state index is 0.0508. The lowest BCUT2D eigenvalue weighted by atomic mass is 9.80. The number of rotatable bonds is 2. The molecule has 124 valence electrons. The van der Waals surface area contributed by atoms with Crippen LogP contribution in [0.3, 0.4) is 0 Å². The van der Waals surface area contributed by atoms with Gasteiger partial charge in [0.25, 0.3) is 0 Å². The number of hydrogen-bond acceptors (Lipinski definition) is 2. The molecule has 24 heavy (non-hydrogen) atoms. The predicted molar refractivity (Wildman–Crippen MR) is 96.0 cm³/mol. The van der Waals surface area contributed by atoms with Crippen LogP contribution in [0.25, 0.3) is 11.3 Å². The fourth-order valence-electron chi connectivity index (χ4n) is 4.10. The van der Waals surface area contributed by atoms with Gasteiger partial charge in [-0.25, -0.2) is 4.79 Å². The molecule has 2 aromatic rings. The first-order valence-corrected chi connectivity index (χ1v) is 8.75. The molecule has 1 aromatic carbocycles. The molecule has 1 aromatic heterocycles. The van der Waals surface area contributed by atoms with Gasteiger partial charge in [0.15, 0.2) is 0 Å². The molecule has 2 fully saturated rings. The number of carbonyl (C=O) groups is 1. The van der Waals surface area contributed by atoms with Crippen molar-refractivity contribution in [2.75, 3.05) is 5.32 Å². The van der Waals surface area contributed by atoms with Gasteiger partial charge in [-0.1, -0.05) is 12.1 Å². The molecule has 2 unspecified atom stereocenters.